The molecule has 0 spiro atoms. The quantitative estimate of drug-likeness (QED) is 0.765. The lowest BCUT2D eigenvalue weighted by atomic mass is 9.98. The number of carbonyl (C=O) groups excluding carboxylic acids is 2. The molecule has 1 fully saturated rings. The van der Waals surface area contributed by atoms with Crippen LogP contribution in [0, 0.1) is 5.92 Å². The molecule has 1 saturated heterocycles. The normalized spacial score (nSPS) is 21.7. The van der Waals surface area contributed by atoms with Gasteiger partial charge in [0.05, 0.1) is 12.5 Å². The van der Waals surface area contributed by atoms with Crippen molar-refractivity contribution >= 4 is 11.9 Å². The molecule has 1 rings (SSSR count). The van der Waals surface area contributed by atoms with Crippen molar-refractivity contribution in [1.29, 1.82) is 0 Å². The maximum atomic E-state index is 12.3. The van der Waals surface area contributed by atoms with Gasteiger partial charge in [-0.15, -0.1) is 0 Å². The van der Waals surface area contributed by atoms with Crippen LogP contribution in [0.3, 0.4) is 0 Å². The molecule has 0 aromatic heterocycles. The summed E-state index contributed by atoms with van der Waals surface area (Å²) in [6, 6.07) is -0.594. The first-order chi connectivity index (χ1) is 9.73. The second-order valence-electron chi connectivity index (χ2n) is 6.80. The third-order valence-corrected chi connectivity index (χ3v) is 3.63. The van der Waals surface area contributed by atoms with E-state index in [0.717, 1.165) is 25.9 Å². The molecule has 5 heteroatoms. The number of ether oxygens (including phenoxy) is 2. The molecule has 0 bridgehead atoms. The number of nitrogens with one attached hydrogen (secondary N) is 1. The number of hydrogen-bond donors (Lipinski definition) is 1. The van der Waals surface area contributed by atoms with E-state index in [2.05, 4.69) is 5.32 Å². The van der Waals surface area contributed by atoms with Gasteiger partial charge in [0.15, 0.2) is 0 Å². The van der Waals surface area contributed by atoms with Crippen molar-refractivity contribution < 1.29 is 19.1 Å². The molecule has 3 atom stereocenters. The summed E-state index contributed by atoms with van der Waals surface area (Å²) in [5.74, 6) is -0.469. The fraction of sp³-hybridized carbons (Fsp3) is 0.875. The lowest BCUT2D eigenvalue weighted by molar-refractivity contribution is -0.160. The molecular weight excluding hydrogens is 270 g/mol. The van der Waals surface area contributed by atoms with Crippen LogP contribution in [0.15, 0.2) is 0 Å². The Hall–Kier alpha value is -1.10. The largest absolute Gasteiger partial charge is 0.458 e. The summed E-state index contributed by atoms with van der Waals surface area (Å²) in [5.41, 5.74) is -0.553. The molecule has 0 radical (unpaired) electrons. The molecule has 5 nitrogen and oxygen atoms in total. The molecular formula is C16H29NO4. The molecule has 1 N–H and O–H groups in total. The topological polar surface area (TPSA) is 64.6 Å². The highest BCUT2D eigenvalue weighted by molar-refractivity contribution is 5.85. The number of amides is 1. The smallest absolute Gasteiger partial charge is 0.329 e. The van der Waals surface area contributed by atoms with Crippen molar-refractivity contribution in [2.75, 3.05) is 6.61 Å². The van der Waals surface area contributed by atoms with Crippen LogP contribution in [-0.2, 0) is 19.1 Å². The Balaban J connectivity index is 2.60. The summed E-state index contributed by atoms with van der Waals surface area (Å²) < 4.78 is 10.9. The maximum absolute atomic E-state index is 12.3. The third kappa shape index (κ3) is 6.46. The van der Waals surface area contributed by atoms with Gasteiger partial charge in [0.2, 0.25) is 5.91 Å². The first kappa shape index (κ1) is 18.0. The summed E-state index contributed by atoms with van der Waals surface area (Å²) in [6.45, 7) is 10.1. The van der Waals surface area contributed by atoms with Crippen LogP contribution in [0.4, 0.5) is 0 Å². The Bertz CT molecular complexity index is 356. The summed E-state index contributed by atoms with van der Waals surface area (Å²) in [5, 5.41) is 2.82. The van der Waals surface area contributed by atoms with Crippen LogP contribution < -0.4 is 5.32 Å². The van der Waals surface area contributed by atoms with Gasteiger partial charge in [0.25, 0.3) is 0 Å². The van der Waals surface area contributed by atoms with E-state index in [-0.39, 0.29) is 23.9 Å². The molecule has 1 amide bonds. The van der Waals surface area contributed by atoms with Gasteiger partial charge in [-0.3, -0.25) is 4.79 Å². The van der Waals surface area contributed by atoms with Gasteiger partial charge in [-0.05, 0) is 39.5 Å². The van der Waals surface area contributed by atoms with Gasteiger partial charge in [-0.1, -0.05) is 20.3 Å². The SMILES string of the molecule is CC[C@H](C)[C@H](NC(=O)CC1CCCO1)C(=O)OC(C)(C)C. The minimum absolute atomic E-state index is 0.0128. The van der Waals surface area contributed by atoms with Crippen molar-refractivity contribution in [2.45, 2.75) is 78.0 Å². The van der Waals surface area contributed by atoms with E-state index in [9.17, 15) is 9.59 Å². The molecule has 0 aliphatic carbocycles. The fourth-order valence-electron chi connectivity index (χ4n) is 2.28. The first-order valence-corrected chi connectivity index (χ1v) is 7.86. The Morgan fingerprint density at radius 1 is 1.38 bits per heavy atom. The molecule has 122 valence electrons. The lowest BCUT2D eigenvalue weighted by Crippen LogP contribution is -2.48. The van der Waals surface area contributed by atoms with Crippen molar-refractivity contribution in [2.24, 2.45) is 5.92 Å². The van der Waals surface area contributed by atoms with E-state index in [0.29, 0.717) is 6.42 Å². The lowest BCUT2D eigenvalue weighted by Gasteiger charge is -2.27. The number of esters is 1. The van der Waals surface area contributed by atoms with Gasteiger partial charge in [-0.25, -0.2) is 4.79 Å². The van der Waals surface area contributed by atoms with E-state index >= 15 is 0 Å². The van der Waals surface area contributed by atoms with Crippen LogP contribution in [0.5, 0.6) is 0 Å². The van der Waals surface area contributed by atoms with E-state index < -0.39 is 11.6 Å². The first-order valence-electron chi connectivity index (χ1n) is 7.86. The van der Waals surface area contributed by atoms with Crippen LogP contribution in [0.1, 0.15) is 60.3 Å². The molecule has 0 aromatic carbocycles. The van der Waals surface area contributed by atoms with Crippen molar-refractivity contribution in [3.63, 3.8) is 0 Å². The van der Waals surface area contributed by atoms with Gasteiger partial charge in [0, 0.05) is 6.61 Å². The molecule has 1 aliphatic heterocycles. The average Bonchev–Trinajstić information content (AvgIpc) is 2.85. The van der Waals surface area contributed by atoms with Gasteiger partial charge in [-0.2, -0.15) is 0 Å². The van der Waals surface area contributed by atoms with Crippen LogP contribution >= 0.6 is 0 Å². The second-order valence-corrected chi connectivity index (χ2v) is 6.80. The zero-order valence-electron chi connectivity index (χ0n) is 13.9. The summed E-state index contributed by atoms with van der Waals surface area (Å²) in [6.07, 6.45) is 3.01. The monoisotopic (exact) mass is 299 g/mol. The average molecular weight is 299 g/mol. The maximum Gasteiger partial charge on any atom is 0.329 e. The Morgan fingerprint density at radius 3 is 2.52 bits per heavy atom. The van der Waals surface area contributed by atoms with Crippen LogP contribution in [0.2, 0.25) is 0 Å². The summed E-state index contributed by atoms with van der Waals surface area (Å²) in [4.78, 5) is 24.4. The summed E-state index contributed by atoms with van der Waals surface area (Å²) in [7, 11) is 0. The predicted octanol–water partition coefficient (Wildman–Crippen LogP) is 2.43. The highest BCUT2D eigenvalue weighted by Crippen LogP contribution is 2.17. The fourth-order valence-corrected chi connectivity index (χ4v) is 2.28. The highest BCUT2D eigenvalue weighted by Gasteiger charge is 2.31. The standard InChI is InChI=1S/C16H29NO4/c1-6-11(2)14(15(19)21-16(3,4)5)17-13(18)10-12-8-7-9-20-12/h11-12,14H,6-10H2,1-5H3,(H,17,18)/t11-,12?,14-/m0/s1. The minimum atomic E-state index is -0.594. The second kappa shape index (κ2) is 7.78. The van der Waals surface area contributed by atoms with E-state index in [1.807, 2.05) is 34.6 Å². The van der Waals surface area contributed by atoms with Crippen molar-refractivity contribution in [3.05, 3.63) is 0 Å². The van der Waals surface area contributed by atoms with Crippen molar-refractivity contribution in [1.82, 2.24) is 5.32 Å². The van der Waals surface area contributed by atoms with E-state index in [1.165, 1.54) is 0 Å². The highest BCUT2D eigenvalue weighted by atomic mass is 16.6. The van der Waals surface area contributed by atoms with E-state index in [4.69, 9.17) is 9.47 Å². The molecule has 0 saturated carbocycles. The number of carbonyl (C=O) groups is 2. The molecule has 21 heavy (non-hydrogen) atoms. The van der Waals surface area contributed by atoms with Gasteiger partial charge >= 0.3 is 5.97 Å². The van der Waals surface area contributed by atoms with Gasteiger partial charge in [0.1, 0.15) is 11.6 Å². The third-order valence-electron chi connectivity index (χ3n) is 3.63. The van der Waals surface area contributed by atoms with Gasteiger partial charge < -0.3 is 14.8 Å². The number of rotatable bonds is 6. The zero-order valence-corrected chi connectivity index (χ0v) is 13.9. The van der Waals surface area contributed by atoms with Crippen LogP contribution in [0.25, 0.3) is 0 Å². The molecule has 0 aromatic rings. The number of hydrogen-bond acceptors (Lipinski definition) is 4. The van der Waals surface area contributed by atoms with Crippen molar-refractivity contribution in [3.8, 4) is 0 Å². The zero-order chi connectivity index (χ0) is 16.0. The van der Waals surface area contributed by atoms with Crippen LogP contribution in [-0.4, -0.2) is 36.2 Å². The molecule has 1 unspecified atom stereocenters. The predicted molar refractivity (Wildman–Crippen MR) is 80.8 cm³/mol. The minimum Gasteiger partial charge on any atom is -0.458 e. The Morgan fingerprint density at radius 2 is 2.05 bits per heavy atom. The molecule has 1 heterocycles. The summed E-state index contributed by atoms with van der Waals surface area (Å²) >= 11 is 0. The Labute approximate surface area is 127 Å². The molecule has 1 aliphatic rings. The Kier molecular flexibility index (Phi) is 6.65. The van der Waals surface area contributed by atoms with E-state index in [1.54, 1.807) is 0 Å².